The van der Waals surface area contributed by atoms with Gasteiger partial charge in [0.1, 0.15) is 6.07 Å². The Labute approximate surface area is 151 Å². The lowest BCUT2D eigenvalue weighted by molar-refractivity contribution is -0.136. The minimum Gasteiger partial charge on any atom is -0.466 e. The van der Waals surface area contributed by atoms with E-state index in [-0.39, 0.29) is 18.6 Å². The van der Waals surface area contributed by atoms with Crippen molar-refractivity contribution >= 4 is 22.9 Å². The van der Waals surface area contributed by atoms with Crippen molar-refractivity contribution < 1.29 is 23.8 Å². The molecule has 0 N–H and O–H groups in total. The normalized spacial score (nSPS) is 12.5. The maximum Gasteiger partial charge on any atom is 0.510 e. The number of ether oxygens (including phenoxy) is 3. The van der Waals surface area contributed by atoms with Gasteiger partial charge in [0, 0.05) is 17.6 Å². The maximum atomic E-state index is 11.9. The maximum absolute atomic E-state index is 11.9. The molecule has 0 saturated heterocycles. The molecule has 134 valence electrons. The molecule has 2 rings (SSSR count). The standard InChI is InChI=1S/C20H19NO5/c1-4-25-19(23)26-20(13-21,12-14(2)18(22)24-3)17-10-9-15-7-5-6-8-16(15)11-17/h5-11H,2,4,12H2,1,3H3. The zero-order valence-electron chi connectivity index (χ0n) is 14.7. The molecule has 2 aromatic carbocycles. The number of methoxy groups -OCH3 is 1. The summed E-state index contributed by atoms with van der Waals surface area (Å²) in [5.41, 5.74) is -1.34. The Hall–Kier alpha value is -3.33. The number of carbonyl (C=O) groups excluding carboxylic acids is 2. The first-order valence-electron chi connectivity index (χ1n) is 7.98. The first-order valence-corrected chi connectivity index (χ1v) is 7.98. The summed E-state index contributed by atoms with van der Waals surface area (Å²) in [7, 11) is 1.21. The number of carbonyl (C=O) groups is 2. The minimum atomic E-state index is -1.76. The van der Waals surface area contributed by atoms with Crippen LogP contribution in [0.5, 0.6) is 0 Å². The van der Waals surface area contributed by atoms with Crippen LogP contribution in [-0.4, -0.2) is 25.8 Å². The van der Waals surface area contributed by atoms with E-state index >= 15 is 0 Å². The fourth-order valence-electron chi connectivity index (χ4n) is 2.57. The fourth-order valence-corrected chi connectivity index (χ4v) is 2.57. The molecule has 0 amide bonds. The average molecular weight is 353 g/mol. The third-order valence-electron chi connectivity index (χ3n) is 3.85. The number of hydrogen-bond acceptors (Lipinski definition) is 6. The Bertz CT molecular complexity index is 883. The Morgan fingerprint density at radius 2 is 1.88 bits per heavy atom. The summed E-state index contributed by atoms with van der Waals surface area (Å²) in [5, 5.41) is 11.7. The van der Waals surface area contributed by atoms with Crippen LogP contribution in [0.3, 0.4) is 0 Å². The van der Waals surface area contributed by atoms with Crippen LogP contribution >= 0.6 is 0 Å². The summed E-state index contributed by atoms with van der Waals surface area (Å²) >= 11 is 0. The Morgan fingerprint density at radius 3 is 2.50 bits per heavy atom. The largest absolute Gasteiger partial charge is 0.510 e. The number of nitriles is 1. The highest BCUT2D eigenvalue weighted by Crippen LogP contribution is 2.34. The first-order chi connectivity index (χ1) is 12.5. The van der Waals surface area contributed by atoms with Gasteiger partial charge in [-0.15, -0.1) is 0 Å². The number of nitrogens with zero attached hydrogens (tertiary/aromatic N) is 1. The van der Waals surface area contributed by atoms with Gasteiger partial charge in [-0.3, -0.25) is 0 Å². The second-order valence-electron chi connectivity index (χ2n) is 5.56. The van der Waals surface area contributed by atoms with Gasteiger partial charge in [-0.2, -0.15) is 5.26 Å². The van der Waals surface area contributed by atoms with Gasteiger partial charge < -0.3 is 14.2 Å². The van der Waals surface area contributed by atoms with E-state index in [1.165, 1.54) is 7.11 Å². The topological polar surface area (TPSA) is 85.6 Å². The van der Waals surface area contributed by atoms with Crippen molar-refractivity contribution in [1.82, 2.24) is 0 Å². The highest BCUT2D eigenvalue weighted by molar-refractivity contribution is 5.88. The second-order valence-corrected chi connectivity index (χ2v) is 5.56. The molecule has 0 bridgehead atoms. The molecule has 0 heterocycles. The molecular formula is C20H19NO5. The third-order valence-corrected chi connectivity index (χ3v) is 3.85. The van der Waals surface area contributed by atoms with Crippen LogP contribution in [0.15, 0.2) is 54.6 Å². The van der Waals surface area contributed by atoms with Crippen molar-refractivity contribution in [2.24, 2.45) is 0 Å². The van der Waals surface area contributed by atoms with E-state index in [4.69, 9.17) is 9.47 Å². The van der Waals surface area contributed by atoms with Crippen molar-refractivity contribution in [3.8, 4) is 6.07 Å². The van der Waals surface area contributed by atoms with E-state index in [1.54, 1.807) is 19.1 Å². The van der Waals surface area contributed by atoms with E-state index in [1.807, 2.05) is 36.4 Å². The molecule has 0 aliphatic carbocycles. The average Bonchev–Trinajstić information content (AvgIpc) is 2.66. The number of fused-ring (bicyclic) bond motifs is 1. The molecule has 0 saturated carbocycles. The number of hydrogen-bond donors (Lipinski definition) is 0. The van der Waals surface area contributed by atoms with Gasteiger partial charge in [-0.25, -0.2) is 9.59 Å². The van der Waals surface area contributed by atoms with Gasteiger partial charge in [-0.1, -0.05) is 43.0 Å². The third kappa shape index (κ3) is 4.01. The van der Waals surface area contributed by atoms with Crippen LogP contribution in [0, 0.1) is 11.3 Å². The first kappa shape index (κ1) is 19.0. The highest BCUT2D eigenvalue weighted by atomic mass is 16.7. The van der Waals surface area contributed by atoms with Crippen LogP contribution in [0.2, 0.25) is 0 Å². The van der Waals surface area contributed by atoms with Gasteiger partial charge in [-0.05, 0) is 23.8 Å². The van der Waals surface area contributed by atoms with Crippen molar-refractivity contribution in [1.29, 1.82) is 5.26 Å². The molecule has 0 radical (unpaired) electrons. The molecule has 0 aliphatic heterocycles. The summed E-state index contributed by atoms with van der Waals surface area (Å²) in [6.07, 6.45) is -1.24. The Morgan fingerprint density at radius 1 is 1.19 bits per heavy atom. The lowest BCUT2D eigenvalue weighted by Crippen LogP contribution is -2.33. The minimum absolute atomic E-state index is 0.00603. The van der Waals surface area contributed by atoms with E-state index in [0.717, 1.165) is 10.8 Å². The van der Waals surface area contributed by atoms with Gasteiger partial charge in [0.2, 0.25) is 5.60 Å². The van der Waals surface area contributed by atoms with E-state index < -0.39 is 17.7 Å². The van der Waals surface area contributed by atoms with Gasteiger partial charge in [0.25, 0.3) is 0 Å². The second kappa shape index (κ2) is 8.17. The predicted molar refractivity (Wildman–Crippen MR) is 95.1 cm³/mol. The molecule has 2 aromatic rings. The lowest BCUT2D eigenvalue weighted by atomic mass is 9.87. The van der Waals surface area contributed by atoms with Crippen LogP contribution < -0.4 is 0 Å². The molecule has 26 heavy (non-hydrogen) atoms. The number of benzene rings is 2. The smallest absolute Gasteiger partial charge is 0.466 e. The SMILES string of the molecule is C=C(CC(C#N)(OC(=O)OCC)c1ccc2ccccc2c1)C(=O)OC. The van der Waals surface area contributed by atoms with Crippen LogP contribution in [0.4, 0.5) is 4.79 Å². The van der Waals surface area contributed by atoms with Crippen LogP contribution in [0.1, 0.15) is 18.9 Å². The fraction of sp³-hybridized carbons (Fsp3) is 0.250. The predicted octanol–water partition coefficient (Wildman–Crippen LogP) is 3.85. The van der Waals surface area contributed by atoms with E-state index in [9.17, 15) is 14.9 Å². The molecule has 6 nitrogen and oxygen atoms in total. The van der Waals surface area contributed by atoms with E-state index in [0.29, 0.717) is 5.56 Å². The molecule has 1 atom stereocenters. The Balaban J connectivity index is 2.52. The van der Waals surface area contributed by atoms with Gasteiger partial charge in [0.15, 0.2) is 0 Å². The van der Waals surface area contributed by atoms with Gasteiger partial charge >= 0.3 is 12.1 Å². The zero-order chi connectivity index (χ0) is 19.2. The van der Waals surface area contributed by atoms with Crippen molar-refractivity contribution in [2.75, 3.05) is 13.7 Å². The van der Waals surface area contributed by atoms with Crippen LogP contribution in [0.25, 0.3) is 10.8 Å². The van der Waals surface area contributed by atoms with Crippen molar-refractivity contribution in [3.63, 3.8) is 0 Å². The molecule has 0 aromatic heterocycles. The summed E-state index contributed by atoms with van der Waals surface area (Å²) in [5.74, 6) is -0.683. The highest BCUT2D eigenvalue weighted by Gasteiger charge is 2.40. The lowest BCUT2D eigenvalue weighted by Gasteiger charge is -2.27. The van der Waals surface area contributed by atoms with Crippen LogP contribution in [-0.2, 0) is 24.6 Å². The molecule has 1 unspecified atom stereocenters. The Kier molecular flexibility index (Phi) is 5.97. The van der Waals surface area contributed by atoms with Gasteiger partial charge in [0.05, 0.1) is 13.7 Å². The number of esters is 1. The summed E-state index contributed by atoms with van der Waals surface area (Å²) in [6.45, 7) is 5.36. The molecule has 0 spiro atoms. The molecular weight excluding hydrogens is 334 g/mol. The summed E-state index contributed by atoms with van der Waals surface area (Å²) in [6, 6.07) is 14.8. The summed E-state index contributed by atoms with van der Waals surface area (Å²) in [4.78, 5) is 23.7. The number of rotatable bonds is 6. The molecule has 0 fully saturated rings. The quantitative estimate of drug-likeness (QED) is 0.579. The summed E-state index contributed by atoms with van der Waals surface area (Å²) < 4.78 is 14.8. The zero-order valence-corrected chi connectivity index (χ0v) is 14.7. The van der Waals surface area contributed by atoms with E-state index in [2.05, 4.69) is 11.3 Å². The molecule has 0 aliphatic rings. The monoisotopic (exact) mass is 353 g/mol. The molecule has 6 heteroatoms. The van der Waals surface area contributed by atoms with Crippen molar-refractivity contribution in [2.45, 2.75) is 18.9 Å². The van der Waals surface area contributed by atoms with Crippen molar-refractivity contribution in [3.05, 3.63) is 60.2 Å².